The summed E-state index contributed by atoms with van der Waals surface area (Å²) in [5, 5.41) is 6.27. The maximum Gasteiger partial charge on any atom is 0.422 e. The molecule has 0 radical (unpaired) electrons. The number of halogens is 4. The first-order chi connectivity index (χ1) is 14.3. The largest absolute Gasteiger partial charge is 0.484 e. The summed E-state index contributed by atoms with van der Waals surface area (Å²) in [4.78, 5) is 15.8. The summed E-state index contributed by atoms with van der Waals surface area (Å²) < 4.78 is 46.2. The molecule has 0 amide bonds. The monoisotopic (exact) mass is 551 g/mol. The highest BCUT2D eigenvalue weighted by molar-refractivity contribution is 14.0. The van der Waals surface area contributed by atoms with Crippen LogP contribution in [0, 0.1) is 0 Å². The molecule has 2 aromatic rings. The molecule has 0 aromatic heterocycles. The Kier molecular flexibility index (Phi) is 11.2. The SMILES string of the molecule is CCOC(=O)c1ccc(CNC(=NC)NCc2ccc(OCC(F)(F)F)cc2)cc1.I. The third-order valence-electron chi connectivity index (χ3n) is 3.93. The lowest BCUT2D eigenvalue weighted by molar-refractivity contribution is -0.153. The first-order valence-electron chi connectivity index (χ1n) is 9.30. The van der Waals surface area contributed by atoms with Gasteiger partial charge in [-0.1, -0.05) is 24.3 Å². The van der Waals surface area contributed by atoms with E-state index in [0.29, 0.717) is 31.2 Å². The maximum absolute atomic E-state index is 12.2. The first-order valence-corrected chi connectivity index (χ1v) is 9.30. The van der Waals surface area contributed by atoms with E-state index in [1.54, 1.807) is 38.2 Å². The van der Waals surface area contributed by atoms with E-state index in [9.17, 15) is 18.0 Å². The van der Waals surface area contributed by atoms with E-state index in [0.717, 1.165) is 11.1 Å². The van der Waals surface area contributed by atoms with Gasteiger partial charge in [0.1, 0.15) is 5.75 Å². The van der Waals surface area contributed by atoms with E-state index in [-0.39, 0.29) is 35.7 Å². The van der Waals surface area contributed by atoms with Crippen molar-refractivity contribution in [2.24, 2.45) is 4.99 Å². The highest BCUT2D eigenvalue weighted by atomic mass is 127. The molecule has 10 heteroatoms. The minimum atomic E-state index is -4.36. The minimum absolute atomic E-state index is 0. The Balaban J connectivity index is 0.00000480. The lowest BCUT2D eigenvalue weighted by Crippen LogP contribution is -2.36. The van der Waals surface area contributed by atoms with Gasteiger partial charge in [0.15, 0.2) is 12.6 Å². The summed E-state index contributed by atoms with van der Waals surface area (Å²) in [7, 11) is 1.63. The van der Waals surface area contributed by atoms with Gasteiger partial charge in [0.05, 0.1) is 12.2 Å². The van der Waals surface area contributed by atoms with Crippen LogP contribution in [-0.2, 0) is 17.8 Å². The van der Waals surface area contributed by atoms with Crippen LogP contribution in [0.5, 0.6) is 5.75 Å². The van der Waals surface area contributed by atoms with Crippen molar-refractivity contribution in [2.75, 3.05) is 20.3 Å². The number of rotatable bonds is 8. The van der Waals surface area contributed by atoms with Crippen LogP contribution in [0.1, 0.15) is 28.4 Å². The summed E-state index contributed by atoms with van der Waals surface area (Å²) in [5.41, 5.74) is 2.30. The fraction of sp³-hybridized carbons (Fsp3) is 0.333. The van der Waals surface area contributed by atoms with Crippen molar-refractivity contribution in [3.05, 3.63) is 65.2 Å². The zero-order chi connectivity index (χ0) is 22.0. The van der Waals surface area contributed by atoms with Crippen molar-refractivity contribution in [1.82, 2.24) is 10.6 Å². The number of esters is 1. The average Bonchev–Trinajstić information content (AvgIpc) is 2.73. The first kappa shape index (κ1) is 26.5. The molecule has 2 N–H and O–H groups in total. The molecule has 2 aromatic carbocycles. The second kappa shape index (κ2) is 13.0. The van der Waals surface area contributed by atoms with E-state index < -0.39 is 12.8 Å². The second-order valence-electron chi connectivity index (χ2n) is 6.24. The van der Waals surface area contributed by atoms with Crippen LogP contribution >= 0.6 is 24.0 Å². The van der Waals surface area contributed by atoms with Crippen LogP contribution in [0.2, 0.25) is 0 Å². The van der Waals surface area contributed by atoms with E-state index in [1.165, 1.54) is 12.1 Å². The van der Waals surface area contributed by atoms with Gasteiger partial charge in [-0.05, 0) is 42.3 Å². The number of carbonyl (C=O) groups excluding carboxylic acids is 1. The Labute approximate surface area is 196 Å². The standard InChI is InChI=1S/C21H24F3N3O3.HI/c1-3-29-19(28)17-8-4-15(5-9-17)12-26-20(25-2)27-13-16-6-10-18(11-7-16)30-14-21(22,23)24;/h4-11H,3,12-14H2,1-2H3,(H2,25,26,27);1H. The summed E-state index contributed by atoms with van der Waals surface area (Å²) in [6.45, 7) is 1.69. The van der Waals surface area contributed by atoms with Crippen LogP contribution in [0.3, 0.4) is 0 Å². The second-order valence-corrected chi connectivity index (χ2v) is 6.24. The quantitative estimate of drug-likeness (QED) is 0.222. The molecule has 0 saturated heterocycles. The Hall–Kier alpha value is -2.50. The van der Waals surface area contributed by atoms with Gasteiger partial charge in [0.25, 0.3) is 0 Å². The highest BCUT2D eigenvalue weighted by Crippen LogP contribution is 2.18. The van der Waals surface area contributed by atoms with Gasteiger partial charge in [-0.15, -0.1) is 24.0 Å². The van der Waals surface area contributed by atoms with Gasteiger partial charge < -0.3 is 20.1 Å². The van der Waals surface area contributed by atoms with Gasteiger partial charge in [-0.2, -0.15) is 13.2 Å². The molecule has 2 rings (SSSR count). The Morgan fingerprint density at radius 2 is 1.48 bits per heavy atom. The molecule has 0 aliphatic carbocycles. The molecule has 0 aliphatic rings. The van der Waals surface area contributed by atoms with Crippen LogP contribution < -0.4 is 15.4 Å². The van der Waals surface area contributed by atoms with Crippen LogP contribution in [0.25, 0.3) is 0 Å². The van der Waals surface area contributed by atoms with E-state index in [2.05, 4.69) is 20.4 Å². The number of ether oxygens (including phenoxy) is 2. The molecule has 0 atom stereocenters. The third kappa shape index (κ3) is 9.90. The number of carbonyl (C=O) groups is 1. The molecule has 170 valence electrons. The van der Waals surface area contributed by atoms with Gasteiger partial charge in [0, 0.05) is 20.1 Å². The zero-order valence-corrected chi connectivity index (χ0v) is 19.5. The van der Waals surface area contributed by atoms with Crippen molar-refractivity contribution in [2.45, 2.75) is 26.2 Å². The third-order valence-corrected chi connectivity index (χ3v) is 3.93. The normalized spacial score (nSPS) is 11.3. The average molecular weight is 551 g/mol. The molecule has 0 unspecified atom stereocenters. The Morgan fingerprint density at radius 3 is 1.94 bits per heavy atom. The zero-order valence-electron chi connectivity index (χ0n) is 17.2. The molecule has 0 heterocycles. The number of nitrogens with zero attached hydrogens (tertiary/aromatic N) is 1. The van der Waals surface area contributed by atoms with E-state index >= 15 is 0 Å². The number of hydrogen-bond acceptors (Lipinski definition) is 4. The molecule has 0 bridgehead atoms. The smallest absolute Gasteiger partial charge is 0.422 e. The van der Waals surface area contributed by atoms with Gasteiger partial charge in [-0.25, -0.2) is 4.79 Å². The van der Waals surface area contributed by atoms with E-state index in [4.69, 9.17) is 4.74 Å². The molecular formula is C21H25F3IN3O3. The van der Waals surface area contributed by atoms with Gasteiger partial charge in [0.2, 0.25) is 0 Å². The summed E-state index contributed by atoms with van der Waals surface area (Å²) in [6.07, 6.45) is -4.36. The molecule has 6 nitrogen and oxygen atoms in total. The Morgan fingerprint density at radius 1 is 0.968 bits per heavy atom. The molecular weight excluding hydrogens is 526 g/mol. The number of guanidine groups is 1. The highest BCUT2D eigenvalue weighted by Gasteiger charge is 2.28. The Bertz CT molecular complexity index is 842. The van der Waals surface area contributed by atoms with Crippen molar-refractivity contribution in [1.29, 1.82) is 0 Å². The fourth-order valence-electron chi connectivity index (χ4n) is 2.43. The predicted octanol–water partition coefficient (Wildman–Crippen LogP) is 4.29. The van der Waals surface area contributed by atoms with Crippen molar-refractivity contribution >= 4 is 35.9 Å². The minimum Gasteiger partial charge on any atom is -0.484 e. The lowest BCUT2D eigenvalue weighted by Gasteiger charge is -2.13. The van der Waals surface area contributed by atoms with Crippen LogP contribution in [0.4, 0.5) is 13.2 Å². The van der Waals surface area contributed by atoms with Crippen molar-refractivity contribution in [3.8, 4) is 5.75 Å². The number of alkyl halides is 3. The van der Waals surface area contributed by atoms with Gasteiger partial charge in [-0.3, -0.25) is 4.99 Å². The molecule has 0 aliphatic heterocycles. The number of nitrogens with one attached hydrogen (secondary N) is 2. The topological polar surface area (TPSA) is 72.0 Å². The molecule has 0 fully saturated rings. The summed E-state index contributed by atoms with van der Waals surface area (Å²) in [5.74, 6) is 0.357. The predicted molar refractivity (Wildman–Crippen MR) is 123 cm³/mol. The van der Waals surface area contributed by atoms with Crippen LogP contribution in [0.15, 0.2) is 53.5 Å². The number of hydrogen-bond donors (Lipinski definition) is 2. The lowest BCUT2D eigenvalue weighted by atomic mass is 10.1. The van der Waals surface area contributed by atoms with Gasteiger partial charge >= 0.3 is 12.1 Å². The fourth-order valence-corrected chi connectivity index (χ4v) is 2.43. The summed E-state index contributed by atoms with van der Waals surface area (Å²) in [6, 6.07) is 13.4. The maximum atomic E-state index is 12.2. The van der Waals surface area contributed by atoms with Crippen molar-refractivity contribution < 1.29 is 27.4 Å². The number of aliphatic imine (C=N–C) groups is 1. The number of benzene rings is 2. The molecule has 0 saturated carbocycles. The summed E-state index contributed by atoms with van der Waals surface area (Å²) >= 11 is 0. The van der Waals surface area contributed by atoms with Crippen molar-refractivity contribution in [3.63, 3.8) is 0 Å². The molecule has 0 spiro atoms. The van der Waals surface area contributed by atoms with E-state index in [1.807, 2.05) is 12.1 Å². The molecule has 31 heavy (non-hydrogen) atoms. The van der Waals surface area contributed by atoms with Crippen LogP contribution in [-0.4, -0.2) is 38.4 Å².